The van der Waals surface area contributed by atoms with Crippen LogP contribution in [0.4, 0.5) is 0 Å². The summed E-state index contributed by atoms with van der Waals surface area (Å²) in [6.07, 6.45) is 4.28. The van der Waals surface area contributed by atoms with Crippen molar-refractivity contribution in [2.75, 3.05) is 13.1 Å². The molecule has 0 aliphatic carbocycles. The van der Waals surface area contributed by atoms with Gasteiger partial charge in [0.2, 0.25) is 0 Å². The topological polar surface area (TPSA) is 25.2 Å². The van der Waals surface area contributed by atoms with Crippen LogP contribution in [0.5, 0.6) is 0 Å². The molecule has 16 heavy (non-hydrogen) atoms. The maximum absolute atomic E-state index is 5.94. The number of fused-ring (bicyclic) bond motifs is 1. The van der Waals surface area contributed by atoms with Gasteiger partial charge in [0.05, 0.1) is 6.26 Å². The van der Waals surface area contributed by atoms with E-state index in [0.717, 1.165) is 23.7 Å². The largest absolute Gasteiger partial charge is 0.464 e. The van der Waals surface area contributed by atoms with Crippen molar-refractivity contribution < 1.29 is 4.42 Å². The minimum absolute atomic E-state index is 0.628. The van der Waals surface area contributed by atoms with Crippen LogP contribution in [0, 0.1) is 0 Å². The average Bonchev–Trinajstić information content (AvgIpc) is 2.73. The Balaban J connectivity index is 2.03. The molecule has 1 N–H and O–H groups in total. The van der Waals surface area contributed by atoms with Gasteiger partial charge in [0.15, 0.2) is 0 Å². The van der Waals surface area contributed by atoms with E-state index in [1.807, 2.05) is 18.4 Å². The standard InChI is InChI=1S/C13H14ClNO/c14-10-1-2-11-12(8-16-13(11)7-10)9-3-5-15-6-4-9/h1-2,7-9,15H,3-6H2. The van der Waals surface area contributed by atoms with Crippen molar-refractivity contribution in [2.45, 2.75) is 18.8 Å². The number of hydrogen-bond acceptors (Lipinski definition) is 2. The Morgan fingerprint density at radius 1 is 1.25 bits per heavy atom. The Labute approximate surface area is 99.6 Å². The summed E-state index contributed by atoms with van der Waals surface area (Å²) in [5, 5.41) is 5.34. The van der Waals surface area contributed by atoms with Crippen molar-refractivity contribution in [2.24, 2.45) is 0 Å². The van der Waals surface area contributed by atoms with Gasteiger partial charge in [-0.25, -0.2) is 0 Å². The third kappa shape index (κ3) is 1.72. The highest BCUT2D eigenvalue weighted by Gasteiger charge is 2.19. The lowest BCUT2D eigenvalue weighted by atomic mass is 9.90. The van der Waals surface area contributed by atoms with Crippen molar-refractivity contribution in [3.63, 3.8) is 0 Å². The summed E-state index contributed by atoms with van der Waals surface area (Å²) in [5.41, 5.74) is 2.24. The number of piperidine rings is 1. The number of hydrogen-bond donors (Lipinski definition) is 1. The third-order valence-corrected chi connectivity index (χ3v) is 3.58. The molecular formula is C13H14ClNO. The van der Waals surface area contributed by atoms with Crippen molar-refractivity contribution in [3.05, 3.63) is 35.0 Å². The van der Waals surface area contributed by atoms with Crippen LogP contribution in [0.25, 0.3) is 11.0 Å². The molecule has 1 aliphatic heterocycles. The maximum Gasteiger partial charge on any atom is 0.135 e. The van der Waals surface area contributed by atoms with Crippen LogP contribution in [0.1, 0.15) is 24.3 Å². The zero-order chi connectivity index (χ0) is 11.0. The number of rotatable bonds is 1. The molecule has 3 heteroatoms. The molecule has 0 amide bonds. The number of furan rings is 1. The summed E-state index contributed by atoms with van der Waals surface area (Å²) >= 11 is 5.94. The van der Waals surface area contributed by atoms with Gasteiger partial charge >= 0.3 is 0 Å². The Morgan fingerprint density at radius 3 is 2.88 bits per heavy atom. The van der Waals surface area contributed by atoms with Gasteiger partial charge in [0.25, 0.3) is 0 Å². The zero-order valence-electron chi connectivity index (χ0n) is 9.00. The van der Waals surface area contributed by atoms with Crippen molar-refractivity contribution >= 4 is 22.6 Å². The van der Waals surface area contributed by atoms with E-state index in [1.54, 1.807) is 0 Å². The van der Waals surface area contributed by atoms with Crippen LogP contribution in [0.2, 0.25) is 5.02 Å². The van der Waals surface area contributed by atoms with E-state index in [1.165, 1.54) is 23.8 Å². The first-order valence-corrected chi connectivity index (χ1v) is 6.10. The van der Waals surface area contributed by atoms with Gasteiger partial charge in [-0.05, 0) is 50.0 Å². The normalized spacial score (nSPS) is 18.1. The molecule has 2 heterocycles. The SMILES string of the molecule is Clc1ccc2c(C3CCNCC3)coc2c1. The molecule has 84 valence electrons. The first kappa shape index (κ1) is 10.2. The smallest absolute Gasteiger partial charge is 0.135 e. The predicted molar refractivity (Wildman–Crippen MR) is 66.1 cm³/mol. The molecule has 1 aromatic carbocycles. The van der Waals surface area contributed by atoms with Gasteiger partial charge in [-0.3, -0.25) is 0 Å². The molecule has 1 saturated heterocycles. The van der Waals surface area contributed by atoms with Crippen LogP contribution in [0.3, 0.4) is 0 Å². The second kappa shape index (κ2) is 4.11. The van der Waals surface area contributed by atoms with E-state index in [9.17, 15) is 0 Å². The van der Waals surface area contributed by atoms with E-state index in [4.69, 9.17) is 16.0 Å². The monoisotopic (exact) mass is 235 g/mol. The highest BCUT2D eigenvalue weighted by Crippen LogP contribution is 2.33. The molecule has 3 rings (SSSR count). The number of halogens is 1. The Morgan fingerprint density at radius 2 is 2.06 bits per heavy atom. The molecule has 0 saturated carbocycles. The summed E-state index contributed by atoms with van der Waals surface area (Å²) in [6.45, 7) is 2.20. The lowest BCUT2D eigenvalue weighted by molar-refractivity contribution is 0.457. The Hall–Kier alpha value is -0.990. The fraction of sp³-hybridized carbons (Fsp3) is 0.385. The minimum Gasteiger partial charge on any atom is -0.464 e. The van der Waals surface area contributed by atoms with Gasteiger partial charge in [-0.1, -0.05) is 11.6 Å². The number of nitrogens with one attached hydrogen (secondary N) is 1. The summed E-state index contributed by atoms with van der Waals surface area (Å²) < 4.78 is 5.58. The van der Waals surface area contributed by atoms with Crippen molar-refractivity contribution in [1.29, 1.82) is 0 Å². The first-order chi connectivity index (χ1) is 7.84. The average molecular weight is 236 g/mol. The molecule has 0 radical (unpaired) electrons. The Kier molecular flexibility index (Phi) is 2.62. The van der Waals surface area contributed by atoms with Gasteiger partial charge in [0, 0.05) is 16.0 Å². The summed E-state index contributed by atoms with van der Waals surface area (Å²) in [7, 11) is 0. The summed E-state index contributed by atoms with van der Waals surface area (Å²) in [5.74, 6) is 0.628. The van der Waals surface area contributed by atoms with Gasteiger partial charge in [-0.15, -0.1) is 0 Å². The van der Waals surface area contributed by atoms with E-state index in [2.05, 4.69) is 11.4 Å². The molecule has 1 aliphatic rings. The molecule has 0 spiro atoms. The van der Waals surface area contributed by atoms with E-state index < -0.39 is 0 Å². The van der Waals surface area contributed by atoms with Crippen molar-refractivity contribution in [1.82, 2.24) is 5.32 Å². The fourth-order valence-corrected chi connectivity index (χ4v) is 2.63. The molecule has 1 aromatic heterocycles. The fourth-order valence-electron chi connectivity index (χ4n) is 2.47. The molecule has 0 bridgehead atoms. The maximum atomic E-state index is 5.94. The van der Waals surface area contributed by atoms with E-state index in [-0.39, 0.29) is 0 Å². The van der Waals surface area contributed by atoms with Crippen LogP contribution >= 0.6 is 11.6 Å². The van der Waals surface area contributed by atoms with Crippen molar-refractivity contribution in [3.8, 4) is 0 Å². The molecule has 0 unspecified atom stereocenters. The lowest BCUT2D eigenvalue weighted by Gasteiger charge is -2.21. The Bertz CT molecular complexity index is 500. The van der Waals surface area contributed by atoms with Crippen LogP contribution in [-0.4, -0.2) is 13.1 Å². The molecular weight excluding hydrogens is 222 g/mol. The van der Waals surface area contributed by atoms with E-state index >= 15 is 0 Å². The summed E-state index contributed by atoms with van der Waals surface area (Å²) in [6, 6.07) is 5.89. The molecule has 0 atom stereocenters. The molecule has 2 nitrogen and oxygen atoms in total. The van der Waals surface area contributed by atoms with Gasteiger partial charge in [0.1, 0.15) is 5.58 Å². The highest BCUT2D eigenvalue weighted by atomic mass is 35.5. The van der Waals surface area contributed by atoms with Gasteiger partial charge in [-0.2, -0.15) is 0 Å². The molecule has 2 aromatic rings. The van der Waals surface area contributed by atoms with Crippen LogP contribution in [0.15, 0.2) is 28.9 Å². The van der Waals surface area contributed by atoms with Crippen LogP contribution in [-0.2, 0) is 0 Å². The third-order valence-electron chi connectivity index (χ3n) is 3.35. The second-order valence-electron chi connectivity index (χ2n) is 4.36. The number of benzene rings is 1. The molecule has 1 fully saturated rings. The lowest BCUT2D eigenvalue weighted by Crippen LogP contribution is -2.26. The van der Waals surface area contributed by atoms with Gasteiger partial charge < -0.3 is 9.73 Å². The zero-order valence-corrected chi connectivity index (χ0v) is 9.76. The second-order valence-corrected chi connectivity index (χ2v) is 4.79. The van der Waals surface area contributed by atoms with E-state index in [0.29, 0.717) is 5.92 Å². The first-order valence-electron chi connectivity index (χ1n) is 5.72. The highest BCUT2D eigenvalue weighted by molar-refractivity contribution is 6.31. The van der Waals surface area contributed by atoms with Crippen LogP contribution < -0.4 is 5.32 Å². The summed E-state index contributed by atoms with van der Waals surface area (Å²) in [4.78, 5) is 0. The quantitative estimate of drug-likeness (QED) is 0.818. The predicted octanol–water partition coefficient (Wildman–Crippen LogP) is 3.55. The minimum atomic E-state index is 0.628.